The zero-order valence-corrected chi connectivity index (χ0v) is 16.9. The molecule has 1 aromatic carbocycles. The molecule has 2 aliphatic rings. The van der Waals surface area contributed by atoms with Gasteiger partial charge in [0.05, 0.1) is 13.0 Å². The monoisotopic (exact) mass is 389 g/mol. The molecule has 1 atom stereocenters. The Morgan fingerprint density at radius 1 is 1.11 bits per heavy atom. The lowest BCUT2D eigenvalue weighted by atomic mass is 10.1. The molecule has 154 valence electrons. The van der Waals surface area contributed by atoms with Crippen molar-refractivity contribution >= 4 is 11.8 Å². The second kappa shape index (κ2) is 9.89. The smallest absolute Gasteiger partial charge is 0.253 e. The van der Waals surface area contributed by atoms with Gasteiger partial charge >= 0.3 is 0 Å². The number of hydrogen-bond donors (Lipinski definition) is 1. The van der Waals surface area contributed by atoms with E-state index in [0.29, 0.717) is 37.7 Å². The minimum atomic E-state index is 0.0720. The normalized spacial score (nSPS) is 20.9. The molecule has 0 aromatic heterocycles. The first kappa shape index (κ1) is 20.6. The minimum absolute atomic E-state index is 0.0720. The molecular formula is C21H31N3O4. The molecule has 0 spiro atoms. The van der Waals surface area contributed by atoms with Crippen molar-refractivity contribution in [1.82, 2.24) is 15.1 Å². The molecular weight excluding hydrogens is 358 g/mol. The Kier molecular flexibility index (Phi) is 7.28. The highest BCUT2D eigenvalue weighted by Gasteiger charge is 2.24. The van der Waals surface area contributed by atoms with Crippen LogP contribution in [-0.2, 0) is 9.53 Å². The van der Waals surface area contributed by atoms with Gasteiger partial charge in [0.1, 0.15) is 11.9 Å². The standard InChI is InChI=1S/C21H31N3O4/c1-16-15-24(13-10-22-16)21(26)17-3-5-18(6-4-17)28-19-7-11-23(12-8-19)20(25)9-14-27-2/h3-6,16,19,22H,7-15H2,1-2H3. The Balaban J connectivity index is 1.47. The van der Waals surface area contributed by atoms with E-state index < -0.39 is 0 Å². The van der Waals surface area contributed by atoms with Gasteiger partial charge in [-0.25, -0.2) is 0 Å². The fraction of sp³-hybridized carbons (Fsp3) is 0.619. The lowest BCUT2D eigenvalue weighted by Crippen LogP contribution is -2.51. The van der Waals surface area contributed by atoms with E-state index in [1.165, 1.54) is 0 Å². The van der Waals surface area contributed by atoms with Crippen molar-refractivity contribution < 1.29 is 19.1 Å². The van der Waals surface area contributed by atoms with Crippen molar-refractivity contribution in [3.63, 3.8) is 0 Å². The molecule has 2 aliphatic heterocycles. The molecule has 2 heterocycles. The minimum Gasteiger partial charge on any atom is -0.490 e. The van der Waals surface area contributed by atoms with Crippen LogP contribution >= 0.6 is 0 Å². The quantitative estimate of drug-likeness (QED) is 0.799. The number of rotatable bonds is 6. The molecule has 0 bridgehead atoms. The van der Waals surface area contributed by atoms with Gasteiger partial charge in [-0.1, -0.05) is 0 Å². The summed E-state index contributed by atoms with van der Waals surface area (Å²) < 4.78 is 11.0. The molecule has 1 N–H and O–H groups in total. The summed E-state index contributed by atoms with van der Waals surface area (Å²) in [5, 5.41) is 3.35. The van der Waals surface area contributed by atoms with Crippen LogP contribution in [0.3, 0.4) is 0 Å². The summed E-state index contributed by atoms with van der Waals surface area (Å²) in [5.74, 6) is 0.988. The molecule has 1 unspecified atom stereocenters. The van der Waals surface area contributed by atoms with E-state index in [2.05, 4.69) is 12.2 Å². The number of benzene rings is 1. The maximum atomic E-state index is 12.6. The molecule has 2 saturated heterocycles. The van der Waals surface area contributed by atoms with Crippen molar-refractivity contribution in [2.75, 3.05) is 46.4 Å². The lowest BCUT2D eigenvalue weighted by molar-refractivity contribution is -0.133. The molecule has 2 fully saturated rings. The Hall–Kier alpha value is -2.12. The number of carbonyl (C=O) groups is 2. The van der Waals surface area contributed by atoms with Gasteiger partial charge in [-0.3, -0.25) is 9.59 Å². The highest BCUT2D eigenvalue weighted by Crippen LogP contribution is 2.21. The zero-order chi connectivity index (χ0) is 19.9. The maximum Gasteiger partial charge on any atom is 0.253 e. The number of carbonyl (C=O) groups excluding carboxylic acids is 2. The van der Waals surface area contributed by atoms with Crippen molar-refractivity contribution in [2.24, 2.45) is 0 Å². The summed E-state index contributed by atoms with van der Waals surface area (Å²) in [7, 11) is 1.61. The molecule has 3 rings (SSSR count). The van der Waals surface area contributed by atoms with E-state index in [1.54, 1.807) is 7.11 Å². The van der Waals surface area contributed by atoms with Gasteiger partial charge in [0.25, 0.3) is 5.91 Å². The first-order chi connectivity index (χ1) is 13.6. The Morgan fingerprint density at radius 3 is 2.46 bits per heavy atom. The van der Waals surface area contributed by atoms with Crippen LogP contribution in [0.5, 0.6) is 5.75 Å². The van der Waals surface area contributed by atoms with Gasteiger partial charge in [-0.05, 0) is 31.2 Å². The summed E-state index contributed by atoms with van der Waals surface area (Å²) >= 11 is 0. The first-order valence-electron chi connectivity index (χ1n) is 10.1. The van der Waals surface area contributed by atoms with Crippen LogP contribution < -0.4 is 10.1 Å². The summed E-state index contributed by atoms with van der Waals surface area (Å²) in [5.41, 5.74) is 0.694. The van der Waals surface area contributed by atoms with Crippen LogP contribution in [0.4, 0.5) is 0 Å². The average molecular weight is 389 g/mol. The SMILES string of the molecule is COCCC(=O)N1CCC(Oc2ccc(C(=O)N3CCNC(C)C3)cc2)CC1. The molecule has 1 aromatic rings. The van der Waals surface area contributed by atoms with E-state index in [9.17, 15) is 9.59 Å². The van der Waals surface area contributed by atoms with Crippen LogP contribution in [0.15, 0.2) is 24.3 Å². The number of piperidine rings is 1. The zero-order valence-electron chi connectivity index (χ0n) is 16.9. The molecule has 28 heavy (non-hydrogen) atoms. The number of amides is 2. The predicted molar refractivity (Wildman–Crippen MR) is 107 cm³/mol. The van der Waals surface area contributed by atoms with Crippen molar-refractivity contribution in [2.45, 2.75) is 38.3 Å². The van der Waals surface area contributed by atoms with Crippen molar-refractivity contribution in [1.29, 1.82) is 0 Å². The second-order valence-corrected chi connectivity index (χ2v) is 7.57. The average Bonchev–Trinajstić information content (AvgIpc) is 2.72. The van der Waals surface area contributed by atoms with Crippen LogP contribution in [0, 0.1) is 0 Å². The van der Waals surface area contributed by atoms with Crippen molar-refractivity contribution in [3.05, 3.63) is 29.8 Å². The van der Waals surface area contributed by atoms with Gasteiger partial charge in [0.15, 0.2) is 0 Å². The van der Waals surface area contributed by atoms with E-state index in [4.69, 9.17) is 9.47 Å². The largest absolute Gasteiger partial charge is 0.490 e. The van der Waals surface area contributed by atoms with Gasteiger partial charge in [0.2, 0.25) is 5.91 Å². The second-order valence-electron chi connectivity index (χ2n) is 7.57. The molecule has 0 radical (unpaired) electrons. The van der Waals surface area contributed by atoms with Crippen LogP contribution in [0.1, 0.15) is 36.5 Å². The highest BCUT2D eigenvalue weighted by atomic mass is 16.5. The first-order valence-corrected chi connectivity index (χ1v) is 10.1. The third-order valence-electron chi connectivity index (χ3n) is 5.37. The Labute approximate surface area is 167 Å². The summed E-state index contributed by atoms with van der Waals surface area (Å²) in [4.78, 5) is 28.5. The van der Waals surface area contributed by atoms with E-state index in [-0.39, 0.29) is 17.9 Å². The van der Waals surface area contributed by atoms with Gasteiger partial charge in [-0.2, -0.15) is 0 Å². The Morgan fingerprint density at radius 2 is 1.82 bits per heavy atom. The van der Waals surface area contributed by atoms with Crippen LogP contribution in [-0.4, -0.2) is 80.2 Å². The molecule has 7 heteroatoms. The third kappa shape index (κ3) is 5.45. The van der Waals surface area contributed by atoms with Gasteiger partial charge in [0, 0.05) is 64.3 Å². The third-order valence-corrected chi connectivity index (χ3v) is 5.37. The van der Waals surface area contributed by atoms with E-state index in [1.807, 2.05) is 34.1 Å². The maximum absolute atomic E-state index is 12.6. The fourth-order valence-corrected chi connectivity index (χ4v) is 3.74. The van der Waals surface area contributed by atoms with Crippen LogP contribution in [0.2, 0.25) is 0 Å². The number of ether oxygens (including phenoxy) is 2. The number of nitrogens with zero attached hydrogens (tertiary/aromatic N) is 2. The summed E-state index contributed by atoms with van der Waals surface area (Å²) in [6, 6.07) is 7.75. The summed E-state index contributed by atoms with van der Waals surface area (Å²) in [6.07, 6.45) is 2.17. The molecule has 0 aliphatic carbocycles. The van der Waals surface area contributed by atoms with E-state index in [0.717, 1.165) is 38.2 Å². The number of likely N-dealkylation sites (tertiary alicyclic amines) is 1. The topological polar surface area (TPSA) is 71.1 Å². The Bertz CT molecular complexity index is 656. The summed E-state index contributed by atoms with van der Waals surface area (Å²) in [6.45, 7) is 6.29. The van der Waals surface area contributed by atoms with Gasteiger partial charge in [-0.15, -0.1) is 0 Å². The van der Waals surface area contributed by atoms with Crippen LogP contribution in [0.25, 0.3) is 0 Å². The predicted octanol–water partition coefficient (Wildman–Crippen LogP) is 1.53. The van der Waals surface area contributed by atoms with E-state index >= 15 is 0 Å². The van der Waals surface area contributed by atoms with Crippen molar-refractivity contribution in [3.8, 4) is 5.75 Å². The molecule has 7 nitrogen and oxygen atoms in total. The number of hydrogen-bond acceptors (Lipinski definition) is 5. The van der Waals surface area contributed by atoms with Gasteiger partial charge < -0.3 is 24.6 Å². The number of piperazine rings is 1. The number of nitrogens with one attached hydrogen (secondary N) is 1. The fourth-order valence-electron chi connectivity index (χ4n) is 3.74. The lowest BCUT2D eigenvalue weighted by Gasteiger charge is -2.32. The molecule has 0 saturated carbocycles. The number of methoxy groups -OCH3 is 1. The molecule has 2 amide bonds. The highest BCUT2D eigenvalue weighted by molar-refractivity contribution is 5.94.